The summed E-state index contributed by atoms with van der Waals surface area (Å²) in [5.41, 5.74) is 1.65. The lowest BCUT2D eigenvalue weighted by Crippen LogP contribution is -2.47. The third-order valence-electron chi connectivity index (χ3n) is 7.20. The second-order valence-electron chi connectivity index (χ2n) is 9.80. The van der Waals surface area contributed by atoms with Gasteiger partial charge in [-0.1, -0.05) is 23.5 Å². The molecule has 2 atom stereocenters. The van der Waals surface area contributed by atoms with Gasteiger partial charge in [-0.2, -0.15) is 13.2 Å². The van der Waals surface area contributed by atoms with Gasteiger partial charge in [0.05, 0.1) is 16.9 Å². The number of pyridine rings is 1. The molecule has 222 valence electrons. The van der Waals surface area contributed by atoms with Gasteiger partial charge < -0.3 is 25.0 Å². The number of aromatic nitrogens is 2. The highest BCUT2D eigenvalue weighted by Crippen LogP contribution is 2.40. The number of nitrogens with zero attached hydrogens (tertiary/aromatic N) is 4. The second kappa shape index (κ2) is 12.7. The Morgan fingerprint density at radius 2 is 1.90 bits per heavy atom. The first kappa shape index (κ1) is 30.6. The SMILES string of the molecule is CO[C@H](CF)c1c(Nc2ccc([C@H](N(C)C(=O)C3CCN(C(=O)CO)CC3)C(F)(F)F)cc2)cnc2sc(C)nc12. The largest absolute Gasteiger partial charge is 0.413 e. The zero-order valence-electron chi connectivity index (χ0n) is 22.7. The number of carbonyl (C=O) groups is 2. The Kier molecular flexibility index (Phi) is 9.44. The number of likely N-dealkylation sites (tertiary alicyclic amines) is 1. The number of hydrogen-bond donors (Lipinski definition) is 2. The van der Waals surface area contributed by atoms with Gasteiger partial charge in [-0.15, -0.1) is 0 Å². The molecule has 0 saturated carbocycles. The highest BCUT2D eigenvalue weighted by molar-refractivity contribution is 7.18. The molecule has 3 heterocycles. The van der Waals surface area contributed by atoms with Crippen molar-refractivity contribution in [3.05, 3.63) is 46.6 Å². The average Bonchev–Trinajstić information content (AvgIpc) is 3.34. The summed E-state index contributed by atoms with van der Waals surface area (Å²) in [5, 5.41) is 12.9. The third kappa shape index (κ3) is 6.60. The number of carbonyl (C=O) groups excluding carboxylic acids is 2. The van der Waals surface area contributed by atoms with Crippen LogP contribution in [0.3, 0.4) is 0 Å². The van der Waals surface area contributed by atoms with Crippen molar-refractivity contribution in [1.29, 1.82) is 0 Å². The van der Waals surface area contributed by atoms with Crippen molar-refractivity contribution in [2.24, 2.45) is 5.92 Å². The van der Waals surface area contributed by atoms with Crippen LogP contribution in [0.25, 0.3) is 10.3 Å². The molecule has 1 saturated heterocycles. The molecule has 2 amide bonds. The Labute approximate surface area is 238 Å². The fraction of sp³-hybridized carbons (Fsp3) is 0.481. The maximum Gasteiger partial charge on any atom is 0.413 e. The van der Waals surface area contributed by atoms with E-state index >= 15 is 0 Å². The second-order valence-corrected chi connectivity index (χ2v) is 11.0. The third-order valence-corrected chi connectivity index (χ3v) is 8.08. The Bertz CT molecular complexity index is 1370. The van der Waals surface area contributed by atoms with Crippen LogP contribution in [-0.4, -0.2) is 83.4 Å². The summed E-state index contributed by atoms with van der Waals surface area (Å²) < 4.78 is 61.9. The fourth-order valence-corrected chi connectivity index (χ4v) is 5.88. The van der Waals surface area contributed by atoms with Crippen LogP contribution in [0.1, 0.15) is 41.1 Å². The standard InChI is InChI=1S/C27H31F4N5O4S/c1-15-33-23-22(20(12-28)40-3)19(13-32-25(23)41-15)34-18-6-4-16(5-7-18)24(27(29,30)31)35(2)26(39)17-8-10-36(11-9-17)21(38)14-37/h4-7,13,17,20,24,34,37H,8-12,14H2,1-3H3/t20-,24+/m1/s1. The molecule has 1 fully saturated rings. The average molecular weight is 598 g/mol. The van der Waals surface area contributed by atoms with Crippen LogP contribution in [0.2, 0.25) is 0 Å². The van der Waals surface area contributed by atoms with Crippen LogP contribution in [-0.2, 0) is 14.3 Å². The number of amides is 2. The minimum atomic E-state index is -4.75. The first-order chi connectivity index (χ1) is 19.5. The van der Waals surface area contributed by atoms with Crippen molar-refractivity contribution in [2.75, 3.05) is 45.8 Å². The van der Waals surface area contributed by atoms with Crippen LogP contribution in [0.5, 0.6) is 0 Å². The Hall–Kier alpha value is -3.36. The molecule has 0 aliphatic carbocycles. The number of benzene rings is 1. The van der Waals surface area contributed by atoms with Gasteiger partial charge in [-0.05, 0) is 37.5 Å². The topological polar surface area (TPSA) is 108 Å². The number of fused-ring (bicyclic) bond motifs is 1. The lowest BCUT2D eigenvalue weighted by Gasteiger charge is -2.36. The number of piperidine rings is 1. The number of halogens is 4. The van der Waals surface area contributed by atoms with Crippen LogP contribution < -0.4 is 5.32 Å². The summed E-state index contributed by atoms with van der Waals surface area (Å²) in [5.74, 6) is -1.81. The van der Waals surface area contributed by atoms with Gasteiger partial charge in [0.25, 0.3) is 0 Å². The maximum absolute atomic E-state index is 14.3. The Morgan fingerprint density at radius 1 is 1.24 bits per heavy atom. The van der Waals surface area contributed by atoms with Crippen molar-refractivity contribution in [3.63, 3.8) is 0 Å². The minimum absolute atomic E-state index is 0.130. The molecule has 4 rings (SSSR count). The molecule has 2 N–H and O–H groups in total. The van der Waals surface area contributed by atoms with E-state index < -0.39 is 49.3 Å². The number of aliphatic hydroxyl groups excluding tert-OH is 1. The normalized spacial score (nSPS) is 16.0. The summed E-state index contributed by atoms with van der Waals surface area (Å²) in [6, 6.07) is 3.28. The van der Waals surface area contributed by atoms with Crippen LogP contribution >= 0.6 is 11.3 Å². The molecule has 41 heavy (non-hydrogen) atoms. The lowest BCUT2D eigenvalue weighted by atomic mass is 9.93. The van der Waals surface area contributed by atoms with E-state index in [1.165, 1.54) is 53.8 Å². The number of aryl methyl sites for hydroxylation is 1. The number of anilines is 2. The number of alkyl halides is 4. The molecular weight excluding hydrogens is 566 g/mol. The van der Waals surface area contributed by atoms with Crippen molar-refractivity contribution in [3.8, 4) is 0 Å². The lowest BCUT2D eigenvalue weighted by molar-refractivity contribution is -0.191. The summed E-state index contributed by atoms with van der Waals surface area (Å²) in [4.78, 5) is 36.3. The smallest absolute Gasteiger partial charge is 0.387 e. The number of nitrogens with one attached hydrogen (secondary N) is 1. The van der Waals surface area contributed by atoms with Crippen molar-refractivity contribution < 1.29 is 37.0 Å². The van der Waals surface area contributed by atoms with E-state index in [1.54, 1.807) is 6.92 Å². The number of hydrogen-bond acceptors (Lipinski definition) is 8. The zero-order chi connectivity index (χ0) is 29.9. The highest BCUT2D eigenvalue weighted by atomic mass is 32.1. The predicted octanol–water partition coefficient (Wildman–Crippen LogP) is 4.69. The van der Waals surface area contributed by atoms with Gasteiger partial charge in [0.2, 0.25) is 11.8 Å². The van der Waals surface area contributed by atoms with Crippen molar-refractivity contribution in [2.45, 2.75) is 38.1 Å². The van der Waals surface area contributed by atoms with Crippen molar-refractivity contribution >= 4 is 44.9 Å². The quantitative estimate of drug-likeness (QED) is 0.345. The van der Waals surface area contributed by atoms with Gasteiger partial charge in [-0.25, -0.2) is 14.4 Å². The molecule has 0 radical (unpaired) electrons. The van der Waals surface area contributed by atoms with Gasteiger partial charge in [0.1, 0.15) is 29.7 Å². The molecule has 0 unspecified atom stereocenters. The summed E-state index contributed by atoms with van der Waals surface area (Å²) in [6.45, 7) is 0.717. The molecule has 14 heteroatoms. The van der Waals surface area contributed by atoms with E-state index in [0.29, 0.717) is 32.2 Å². The number of aliphatic hydroxyl groups is 1. The summed E-state index contributed by atoms with van der Waals surface area (Å²) in [7, 11) is 2.50. The van der Waals surface area contributed by atoms with E-state index in [0.717, 1.165) is 12.1 Å². The maximum atomic E-state index is 14.3. The number of methoxy groups -OCH3 is 1. The molecular formula is C27H31F4N5O4S. The van der Waals surface area contributed by atoms with Crippen LogP contribution in [0.15, 0.2) is 30.5 Å². The summed E-state index contributed by atoms with van der Waals surface area (Å²) in [6.07, 6.45) is -3.74. The predicted molar refractivity (Wildman–Crippen MR) is 146 cm³/mol. The van der Waals surface area contributed by atoms with Gasteiger partial charge >= 0.3 is 6.18 Å². The minimum Gasteiger partial charge on any atom is -0.387 e. The van der Waals surface area contributed by atoms with Gasteiger partial charge in [0.15, 0.2) is 6.04 Å². The van der Waals surface area contributed by atoms with E-state index in [2.05, 4.69) is 15.3 Å². The number of ether oxygens (including phenoxy) is 1. The fourth-order valence-electron chi connectivity index (χ4n) is 5.11. The molecule has 2 aromatic heterocycles. The molecule has 9 nitrogen and oxygen atoms in total. The van der Waals surface area contributed by atoms with E-state index in [4.69, 9.17) is 9.84 Å². The highest BCUT2D eigenvalue weighted by Gasteiger charge is 2.46. The van der Waals surface area contributed by atoms with Crippen LogP contribution in [0, 0.1) is 12.8 Å². The van der Waals surface area contributed by atoms with Gasteiger partial charge in [0, 0.05) is 44.4 Å². The van der Waals surface area contributed by atoms with Crippen molar-refractivity contribution in [1.82, 2.24) is 19.8 Å². The van der Waals surface area contributed by atoms with E-state index in [1.807, 2.05) is 0 Å². The van der Waals surface area contributed by atoms with E-state index in [-0.39, 0.29) is 31.5 Å². The van der Waals surface area contributed by atoms with Crippen LogP contribution in [0.4, 0.5) is 28.9 Å². The first-order valence-electron chi connectivity index (χ1n) is 12.9. The monoisotopic (exact) mass is 597 g/mol. The molecule has 1 aromatic carbocycles. The van der Waals surface area contributed by atoms with Gasteiger partial charge in [-0.3, -0.25) is 9.59 Å². The molecule has 3 aromatic rings. The number of rotatable bonds is 9. The number of thiazole rings is 1. The molecule has 1 aliphatic rings. The Balaban J connectivity index is 1.55. The van der Waals surface area contributed by atoms with E-state index in [9.17, 15) is 27.2 Å². The molecule has 0 spiro atoms. The molecule has 1 aliphatic heterocycles. The molecule has 0 bridgehead atoms. The first-order valence-corrected chi connectivity index (χ1v) is 13.7. The summed E-state index contributed by atoms with van der Waals surface area (Å²) >= 11 is 1.35. The zero-order valence-corrected chi connectivity index (χ0v) is 23.6. The Morgan fingerprint density at radius 3 is 2.46 bits per heavy atom.